The Morgan fingerprint density at radius 1 is 1.29 bits per heavy atom. The lowest BCUT2D eigenvalue weighted by Gasteiger charge is -1.99. The van der Waals surface area contributed by atoms with E-state index in [0.717, 1.165) is 11.9 Å². The number of fused-ring (bicyclic) bond motifs is 1. The maximum absolute atomic E-state index is 4.38. The molecule has 0 spiro atoms. The molecule has 0 aliphatic heterocycles. The van der Waals surface area contributed by atoms with Gasteiger partial charge < -0.3 is 0 Å². The molecule has 0 bridgehead atoms. The maximum atomic E-state index is 4.38. The summed E-state index contributed by atoms with van der Waals surface area (Å²) in [5, 5.41) is 1.20. The van der Waals surface area contributed by atoms with Crippen molar-refractivity contribution < 1.29 is 0 Å². The molecule has 1 nitrogen and oxygen atoms in total. The molecule has 1 aromatic heterocycles. The Hall–Kier alpha value is -1.63. The number of nitrogens with zero attached hydrogens (tertiary/aromatic N) is 1. The van der Waals surface area contributed by atoms with Crippen LogP contribution in [0, 0.1) is 6.92 Å². The number of hydrogen-bond acceptors (Lipinski definition) is 1. The number of allylic oxidation sites excluding steroid dienone is 2. The van der Waals surface area contributed by atoms with Crippen molar-refractivity contribution in [2.45, 2.75) is 6.42 Å². The molecule has 0 unspecified atom stereocenters. The molecule has 1 heterocycles. The summed E-state index contributed by atoms with van der Waals surface area (Å²) < 4.78 is 0. The molecule has 0 fully saturated rings. The van der Waals surface area contributed by atoms with Crippen molar-refractivity contribution in [1.82, 2.24) is 4.98 Å². The molecular formula is C13H12N. The van der Waals surface area contributed by atoms with E-state index >= 15 is 0 Å². The van der Waals surface area contributed by atoms with Crippen molar-refractivity contribution in [3.63, 3.8) is 0 Å². The maximum Gasteiger partial charge on any atom is 0.0702 e. The van der Waals surface area contributed by atoms with Crippen LogP contribution in [0.15, 0.2) is 48.7 Å². The van der Waals surface area contributed by atoms with E-state index in [1.807, 2.05) is 36.5 Å². The van der Waals surface area contributed by atoms with Gasteiger partial charge in [-0.1, -0.05) is 30.4 Å². The molecular weight excluding hydrogens is 170 g/mol. The van der Waals surface area contributed by atoms with Gasteiger partial charge in [-0.05, 0) is 31.0 Å². The fourth-order valence-corrected chi connectivity index (χ4v) is 1.45. The number of pyridine rings is 1. The van der Waals surface area contributed by atoms with Gasteiger partial charge in [0.25, 0.3) is 0 Å². The predicted molar refractivity (Wildman–Crippen MR) is 59.9 cm³/mol. The molecule has 1 radical (unpaired) electrons. The van der Waals surface area contributed by atoms with Crippen LogP contribution in [0.2, 0.25) is 0 Å². The van der Waals surface area contributed by atoms with E-state index in [4.69, 9.17) is 0 Å². The predicted octanol–water partition coefficient (Wildman–Crippen LogP) is 3.17. The van der Waals surface area contributed by atoms with Crippen molar-refractivity contribution in [2.75, 3.05) is 0 Å². The minimum atomic E-state index is 0.904. The second kappa shape index (κ2) is 4.05. The van der Waals surface area contributed by atoms with Gasteiger partial charge in [-0.25, -0.2) is 0 Å². The van der Waals surface area contributed by atoms with Gasteiger partial charge in [-0.2, -0.15) is 0 Å². The Bertz CT molecular complexity index is 457. The Labute approximate surface area is 84.1 Å². The first-order valence-corrected chi connectivity index (χ1v) is 4.68. The number of benzene rings is 1. The quantitative estimate of drug-likeness (QED) is 0.695. The molecule has 0 amide bonds. The first-order chi connectivity index (χ1) is 6.90. The Balaban J connectivity index is 2.41. The van der Waals surface area contributed by atoms with E-state index in [9.17, 15) is 0 Å². The monoisotopic (exact) mass is 182 g/mol. The highest BCUT2D eigenvalue weighted by Crippen LogP contribution is 2.12. The molecule has 2 aromatic rings. The minimum Gasteiger partial charge on any atom is -0.256 e. The van der Waals surface area contributed by atoms with Gasteiger partial charge in [0, 0.05) is 11.6 Å². The summed E-state index contributed by atoms with van der Waals surface area (Å²) >= 11 is 0. The molecule has 1 aromatic carbocycles. The SMILES string of the molecule is [CH2]C=CCc1cnc2ccccc2c1. The molecule has 0 aliphatic carbocycles. The van der Waals surface area contributed by atoms with Crippen LogP contribution in [0.3, 0.4) is 0 Å². The number of hydrogen-bond donors (Lipinski definition) is 0. The first kappa shape index (κ1) is 8.95. The topological polar surface area (TPSA) is 12.9 Å². The van der Waals surface area contributed by atoms with Crippen molar-refractivity contribution in [1.29, 1.82) is 0 Å². The molecule has 14 heavy (non-hydrogen) atoms. The molecule has 0 aliphatic rings. The standard InChI is InChI=1S/C13H12N/c1-2-3-6-11-9-12-7-4-5-8-13(12)14-10-11/h2-5,7-10H,1,6H2. The van der Waals surface area contributed by atoms with Crippen LogP contribution in [0.4, 0.5) is 0 Å². The highest BCUT2D eigenvalue weighted by atomic mass is 14.6. The molecule has 0 saturated carbocycles. The van der Waals surface area contributed by atoms with Crippen LogP contribution in [0.5, 0.6) is 0 Å². The minimum absolute atomic E-state index is 0.904. The fourth-order valence-electron chi connectivity index (χ4n) is 1.45. The lowest BCUT2D eigenvalue weighted by atomic mass is 10.1. The van der Waals surface area contributed by atoms with Crippen molar-refractivity contribution >= 4 is 10.9 Å². The largest absolute Gasteiger partial charge is 0.256 e. The number of aromatic nitrogens is 1. The van der Waals surface area contributed by atoms with Crippen molar-refractivity contribution in [3.8, 4) is 0 Å². The van der Waals surface area contributed by atoms with E-state index in [1.54, 1.807) is 0 Å². The van der Waals surface area contributed by atoms with Gasteiger partial charge in [-0.15, -0.1) is 0 Å². The Kier molecular flexibility index (Phi) is 2.59. The lowest BCUT2D eigenvalue weighted by molar-refractivity contribution is 1.22. The summed E-state index contributed by atoms with van der Waals surface area (Å²) in [4.78, 5) is 4.38. The second-order valence-electron chi connectivity index (χ2n) is 3.21. The zero-order valence-corrected chi connectivity index (χ0v) is 7.98. The third-order valence-corrected chi connectivity index (χ3v) is 2.17. The van der Waals surface area contributed by atoms with Gasteiger partial charge in [-0.3, -0.25) is 4.98 Å². The molecule has 1 heteroatoms. The van der Waals surface area contributed by atoms with Gasteiger partial charge >= 0.3 is 0 Å². The van der Waals surface area contributed by atoms with Gasteiger partial charge in [0.05, 0.1) is 5.52 Å². The zero-order valence-electron chi connectivity index (χ0n) is 7.98. The molecule has 0 atom stereocenters. The van der Waals surface area contributed by atoms with Gasteiger partial charge in [0.2, 0.25) is 0 Å². The molecule has 69 valence electrons. The Morgan fingerprint density at radius 3 is 3.00 bits per heavy atom. The smallest absolute Gasteiger partial charge is 0.0702 e. The van der Waals surface area contributed by atoms with Crippen LogP contribution in [-0.2, 0) is 6.42 Å². The van der Waals surface area contributed by atoms with Crippen LogP contribution >= 0.6 is 0 Å². The van der Waals surface area contributed by atoms with Crippen LogP contribution in [-0.4, -0.2) is 4.98 Å². The van der Waals surface area contributed by atoms with Crippen LogP contribution < -0.4 is 0 Å². The van der Waals surface area contributed by atoms with E-state index in [-0.39, 0.29) is 0 Å². The molecule has 2 rings (SSSR count). The summed E-state index contributed by atoms with van der Waals surface area (Å²) in [7, 11) is 0. The van der Waals surface area contributed by atoms with Gasteiger partial charge in [0.1, 0.15) is 0 Å². The number of para-hydroxylation sites is 1. The first-order valence-electron chi connectivity index (χ1n) is 4.68. The average Bonchev–Trinajstić information content (AvgIpc) is 2.26. The van der Waals surface area contributed by atoms with Crippen molar-refractivity contribution in [3.05, 3.63) is 61.2 Å². The summed E-state index contributed by atoms with van der Waals surface area (Å²) in [5.74, 6) is 0. The van der Waals surface area contributed by atoms with E-state index in [0.29, 0.717) is 0 Å². The van der Waals surface area contributed by atoms with Crippen LogP contribution in [0.1, 0.15) is 5.56 Å². The summed E-state index contributed by atoms with van der Waals surface area (Å²) in [5.41, 5.74) is 2.28. The van der Waals surface area contributed by atoms with E-state index in [2.05, 4.69) is 24.0 Å². The second-order valence-corrected chi connectivity index (χ2v) is 3.21. The normalized spacial score (nSPS) is 11.2. The lowest BCUT2D eigenvalue weighted by Crippen LogP contribution is -1.84. The zero-order chi connectivity index (χ0) is 9.80. The highest BCUT2D eigenvalue weighted by Gasteiger charge is 1.94. The van der Waals surface area contributed by atoms with Crippen molar-refractivity contribution in [2.24, 2.45) is 0 Å². The molecule has 0 N–H and O–H groups in total. The average molecular weight is 182 g/mol. The highest BCUT2D eigenvalue weighted by molar-refractivity contribution is 5.78. The molecule has 0 saturated heterocycles. The van der Waals surface area contributed by atoms with Gasteiger partial charge in [0.15, 0.2) is 0 Å². The summed E-state index contributed by atoms with van der Waals surface area (Å²) in [6.45, 7) is 3.66. The van der Waals surface area contributed by atoms with E-state index < -0.39 is 0 Å². The number of rotatable bonds is 2. The summed E-state index contributed by atoms with van der Waals surface area (Å²) in [6, 6.07) is 10.3. The van der Waals surface area contributed by atoms with Crippen LogP contribution in [0.25, 0.3) is 10.9 Å². The third-order valence-electron chi connectivity index (χ3n) is 2.17. The fraction of sp³-hybridized carbons (Fsp3) is 0.0769. The Morgan fingerprint density at radius 2 is 2.14 bits per heavy atom. The third kappa shape index (κ3) is 1.82. The van der Waals surface area contributed by atoms with E-state index in [1.165, 1.54) is 10.9 Å². The summed E-state index contributed by atoms with van der Waals surface area (Å²) in [6.07, 6.45) is 6.67.